The molecule has 3 rings (SSSR count). The number of benzene rings is 1. The summed E-state index contributed by atoms with van der Waals surface area (Å²) in [7, 11) is 0. The molecule has 1 N–H and O–H groups in total. The molecule has 100 valence electrons. The number of para-hydroxylation sites is 1. The van der Waals surface area contributed by atoms with E-state index in [1.165, 1.54) is 12.8 Å². The zero-order valence-corrected chi connectivity index (χ0v) is 12.2. The molecule has 2 atom stereocenters. The number of furan rings is 1. The van der Waals surface area contributed by atoms with Crippen LogP contribution in [0.2, 0.25) is 0 Å². The van der Waals surface area contributed by atoms with Crippen LogP contribution in [0.15, 0.2) is 34.9 Å². The van der Waals surface area contributed by atoms with E-state index >= 15 is 0 Å². The quantitative estimate of drug-likeness (QED) is 0.875. The van der Waals surface area contributed by atoms with Crippen LogP contribution in [0.1, 0.15) is 29.6 Å². The molecule has 1 aliphatic carbocycles. The second-order valence-electron chi connectivity index (χ2n) is 5.07. The largest absolute Gasteiger partial charge is 0.463 e. The number of carbonyl (C=O) groups excluding carboxylic acids is 1. The monoisotopic (exact) mass is 321 g/mol. The molecular formula is C15H16BrNO2. The summed E-state index contributed by atoms with van der Waals surface area (Å²) < 4.78 is 5.42. The number of hydrogen-bond donors (Lipinski definition) is 1. The summed E-state index contributed by atoms with van der Waals surface area (Å²) in [5, 5.41) is 4.98. The van der Waals surface area contributed by atoms with Crippen LogP contribution in [-0.2, 0) is 0 Å². The Morgan fingerprint density at radius 1 is 1.37 bits per heavy atom. The average Bonchev–Trinajstić information content (AvgIpc) is 3.04. The molecule has 0 spiro atoms. The summed E-state index contributed by atoms with van der Waals surface area (Å²) in [6, 6.07) is 7.91. The minimum atomic E-state index is -0.0252. The molecule has 2 aromatic rings. The first-order chi connectivity index (χ1) is 9.29. The highest BCUT2D eigenvalue weighted by molar-refractivity contribution is 9.09. The number of rotatable bonds is 3. The molecule has 1 aliphatic rings. The Morgan fingerprint density at radius 3 is 3.05 bits per heavy atom. The molecule has 19 heavy (non-hydrogen) atoms. The third kappa shape index (κ3) is 2.41. The van der Waals surface area contributed by atoms with Gasteiger partial charge in [0.25, 0.3) is 5.91 Å². The number of hydrogen-bond acceptors (Lipinski definition) is 2. The highest BCUT2D eigenvalue weighted by Gasteiger charge is 2.28. The van der Waals surface area contributed by atoms with Gasteiger partial charge >= 0.3 is 0 Å². The molecule has 1 aromatic carbocycles. The maximum Gasteiger partial charge on any atom is 0.255 e. The summed E-state index contributed by atoms with van der Waals surface area (Å²) in [5.74, 6) is 0.518. The minimum absolute atomic E-state index is 0.0252. The molecule has 1 heterocycles. The highest BCUT2D eigenvalue weighted by Crippen LogP contribution is 2.28. The standard InChI is InChI=1S/C15H16BrNO2/c16-8-10-4-3-6-13(10)17-15(18)12-9-19-14-7-2-1-5-11(12)14/h1-2,5,7,9-10,13H,3-4,6,8H2,(H,17,18). The predicted octanol–water partition coefficient (Wildman–Crippen LogP) is 3.73. The van der Waals surface area contributed by atoms with Crippen molar-refractivity contribution in [2.45, 2.75) is 25.3 Å². The van der Waals surface area contributed by atoms with Gasteiger partial charge in [0, 0.05) is 16.8 Å². The van der Waals surface area contributed by atoms with E-state index in [9.17, 15) is 4.79 Å². The van der Waals surface area contributed by atoms with Crippen molar-refractivity contribution in [2.24, 2.45) is 5.92 Å². The summed E-state index contributed by atoms with van der Waals surface area (Å²) in [6.45, 7) is 0. The number of fused-ring (bicyclic) bond motifs is 1. The lowest BCUT2D eigenvalue weighted by atomic mass is 10.1. The van der Waals surface area contributed by atoms with E-state index in [-0.39, 0.29) is 11.9 Å². The van der Waals surface area contributed by atoms with Gasteiger partial charge in [0.15, 0.2) is 0 Å². The van der Waals surface area contributed by atoms with Crippen molar-refractivity contribution >= 4 is 32.8 Å². The van der Waals surface area contributed by atoms with Crippen LogP contribution in [0.4, 0.5) is 0 Å². The molecule has 1 saturated carbocycles. The fourth-order valence-corrected chi connectivity index (χ4v) is 3.59. The first kappa shape index (κ1) is 12.7. The van der Waals surface area contributed by atoms with Crippen LogP contribution in [0.5, 0.6) is 0 Å². The molecule has 1 amide bonds. The van der Waals surface area contributed by atoms with Gasteiger partial charge in [-0.15, -0.1) is 0 Å². The van der Waals surface area contributed by atoms with Gasteiger partial charge in [-0.25, -0.2) is 0 Å². The minimum Gasteiger partial charge on any atom is -0.463 e. The van der Waals surface area contributed by atoms with Gasteiger partial charge in [-0.1, -0.05) is 40.5 Å². The van der Waals surface area contributed by atoms with E-state index in [2.05, 4.69) is 21.2 Å². The number of alkyl halides is 1. The maximum absolute atomic E-state index is 12.4. The van der Waals surface area contributed by atoms with Gasteiger partial charge < -0.3 is 9.73 Å². The normalized spacial score (nSPS) is 22.8. The Kier molecular flexibility index (Phi) is 3.60. The van der Waals surface area contributed by atoms with E-state index < -0.39 is 0 Å². The summed E-state index contributed by atoms with van der Waals surface area (Å²) >= 11 is 3.53. The van der Waals surface area contributed by atoms with Gasteiger partial charge in [-0.05, 0) is 24.8 Å². The average molecular weight is 322 g/mol. The lowest BCUT2D eigenvalue weighted by molar-refractivity contribution is 0.0931. The van der Waals surface area contributed by atoms with E-state index in [1.54, 1.807) is 6.26 Å². The van der Waals surface area contributed by atoms with Crippen molar-refractivity contribution in [3.05, 3.63) is 36.1 Å². The Labute approximate surface area is 120 Å². The molecule has 2 unspecified atom stereocenters. The Bertz CT molecular complexity index is 593. The molecule has 0 radical (unpaired) electrons. The van der Waals surface area contributed by atoms with Crippen molar-refractivity contribution in [3.8, 4) is 0 Å². The first-order valence-electron chi connectivity index (χ1n) is 6.62. The second-order valence-corrected chi connectivity index (χ2v) is 5.72. The van der Waals surface area contributed by atoms with Crippen molar-refractivity contribution in [1.82, 2.24) is 5.32 Å². The molecular weight excluding hydrogens is 306 g/mol. The molecule has 3 nitrogen and oxygen atoms in total. The van der Waals surface area contributed by atoms with Gasteiger partial charge in [-0.3, -0.25) is 4.79 Å². The van der Waals surface area contributed by atoms with Gasteiger partial charge in [0.2, 0.25) is 0 Å². The van der Waals surface area contributed by atoms with E-state index in [1.807, 2.05) is 24.3 Å². The zero-order chi connectivity index (χ0) is 13.2. The van der Waals surface area contributed by atoms with Crippen molar-refractivity contribution in [3.63, 3.8) is 0 Å². The van der Waals surface area contributed by atoms with Crippen LogP contribution >= 0.6 is 15.9 Å². The van der Waals surface area contributed by atoms with Crippen molar-refractivity contribution in [1.29, 1.82) is 0 Å². The van der Waals surface area contributed by atoms with Crippen LogP contribution in [0, 0.1) is 5.92 Å². The molecule has 0 saturated heterocycles. The van der Waals surface area contributed by atoms with Gasteiger partial charge in [0.05, 0.1) is 5.56 Å². The van der Waals surface area contributed by atoms with Gasteiger partial charge in [0.1, 0.15) is 11.8 Å². The maximum atomic E-state index is 12.4. The smallest absolute Gasteiger partial charge is 0.255 e. The second kappa shape index (κ2) is 5.37. The van der Waals surface area contributed by atoms with Crippen molar-refractivity contribution in [2.75, 3.05) is 5.33 Å². The van der Waals surface area contributed by atoms with Crippen LogP contribution in [0.3, 0.4) is 0 Å². The van der Waals surface area contributed by atoms with Crippen molar-refractivity contribution < 1.29 is 9.21 Å². The number of halogens is 1. The molecule has 4 heteroatoms. The molecule has 1 aromatic heterocycles. The zero-order valence-electron chi connectivity index (χ0n) is 10.6. The van der Waals surface area contributed by atoms with Crippen LogP contribution in [-0.4, -0.2) is 17.3 Å². The number of nitrogens with one attached hydrogen (secondary N) is 1. The number of carbonyl (C=O) groups is 1. The fraction of sp³-hybridized carbons (Fsp3) is 0.400. The fourth-order valence-electron chi connectivity index (χ4n) is 2.81. The number of amides is 1. The summed E-state index contributed by atoms with van der Waals surface area (Å²) in [6.07, 6.45) is 4.99. The van der Waals surface area contributed by atoms with Crippen LogP contribution < -0.4 is 5.32 Å². The predicted molar refractivity (Wildman–Crippen MR) is 78.6 cm³/mol. The van der Waals surface area contributed by atoms with E-state index in [0.717, 1.165) is 22.7 Å². The summed E-state index contributed by atoms with van der Waals surface area (Å²) in [4.78, 5) is 12.4. The third-order valence-electron chi connectivity index (χ3n) is 3.90. The molecule has 1 fully saturated rings. The molecule has 0 aliphatic heterocycles. The Morgan fingerprint density at radius 2 is 2.21 bits per heavy atom. The summed E-state index contributed by atoms with van der Waals surface area (Å²) in [5.41, 5.74) is 1.40. The Balaban J connectivity index is 1.80. The van der Waals surface area contributed by atoms with Gasteiger partial charge in [-0.2, -0.15) is 0 Å². The Hall–Kier alpha value is -1.29. The SMILES string of the molecule is O=C(NC1CCCC1CBr)c1coc2ccccc12. The van der Waals surface area contributed by atoms with E-state index in [0.29, 0.717) is 11.5 Å². The van der Waals surface area contributed by atoms with E-state index in [4.69, 9.17) is 4.42 Å². The lowest BCUT2D eigenvalue weighted by Crippen LogP contribution is -2.37. The topological polar surface area (TPSA) is 42.2 Å². The highest BCUT2D eigenvalue weighted by atomic mass is 79.9. The first-order valence-corrected chi connectivity index (χ1v) is 7.75. The third-order valence-corrected chi connectivity index (χ3v) is 4.73. The van der Waals surface area contributed by atoms with Crippen LogP contribution in [0.25, 0.3) is 11.0 Å². The lowest BCUT2D eigenvalue weighted by Gasteiger charge is -2.18. The molecule has 0 bridgehead atoms.